The van der Waals surface area contributed by atoms with Gasteiger partial charge in [-0.05, 0) is 50.0 Å². The number of aryl methyl sites for hydroxylation is 1. The maximum absolute atomic E-state index is 5.97. The van der Waals surface area contributed by atoms with Crippen molar-refractivity contribution in [2.24, 2.45) is 0 Å². The van der Waals surface area contributed by atoms with Gasteiger partial charge in [-0.1, -0.05) is 24.9 Å². The van der Waals surface area contributed by atoms with Crippen LogP contribution in [0, 0.1) is 6.92 Å². The molecule has 16 heavy (non-hydrogen) atoms. The molecule has 1 aliphatic rings. The third-order valence-electron chi connectivity index (χ3n) is 3.44. The highest BCUT2D eigenvalue weighted by atomic mass is 35.5. The van der Waals surface area contributed by atoms with Crippen LogP contribution < -0.4 is 0 Å². The van der Waals surface area contributed by atoms with E-state index in [9.17, 15) is 0 Å². The number of halogens is 1. The second kappa shape index (κ2) is 5.15. The van der Waals surface area contributed by atoms with Crippen LogP contribution in [0.1, 0.15) is 43.4 Å². The van der Waals surface area contributed by atoms with Gasteiger partial charge in [0.2, 0.25) is 0 Å². The van der Waals surface area contributed by atoms with Gasteiger partial charge < -0.3 is 0 Å². The van der Waals surface area contributed by atoms with E-state index in [0.717, 1.165) is 12.1 Å². The van der Waals surface area contributed by atoms with E-state index in [-0.39, 0.29) is 0 Å². The van der Waals surface area contributed by atoms with Gasteiger partial charge in [0.25, 0.3) is 0 Å². The van der Waals surface area contributed by atoms with Crippen molar-refractivity contribution in [2.75, 3.05) is 13.1 Å². The molecule has 0 amide bonds. The van der Waals surface area contributed by atoms with Gasteiger partial charge in [0.1, 0.15) is 5.15 Å². The first-order valence-corrected chi connectivity index (χ1v) is 6.46. The lowest BCUT2D eigenvalue weighted by molar-refractivity contribution is 0.157. The van der Waals surface area contributed by atoms with Crippen LogP contribution >= 0.6 is 11.6 Å². The number of pyridine rings is 1. The average Bonchev–Trinajstić information content (AvgIpc) is 2.32. The maximum atomic E-state index is 5.97. The molecule has 2 nitrogen and oxygen atoms in total. The highest BCUT2D eigenvalue weighted by Crippen LogP contribution is 2.31. The Kier molecular flexibility index (Phi) is 3.82. The predicted octanol–water partition coefficient (Wildman–Crippen LogP) is 3.59. The van der Waals surface area contributed by atoms with Gasteiger partial charge in [-0.2, -0.15) is 0 Å². The number of hydrogen-bond acceptors (Lipinski definition) is 2. The lowest BCUT2D eigenvalue weighted by atomic mass is 9.96. The van der Waals surface area contributed by atoms with Gasteiger partial charge in [0.15, 0.2) is 0 Å². The highest BCUT2D eigenvalue weighted by Gasteiger charge is 2.22. The maximum Gasteiger partial charge on any atom is 0.131 e. The number of aromatic nitrogens is 1. The van der Waals surface area contributed by atoms with Gasteiger partial charge in [0, 0.05) is 12.2 Å². The Bertz CT molecular complexity index is 365. The molecular formula is C13H19ClN2. The molecule has 0 spiro atoms. The van der Waals surface area contributed by atoms with Gasteiger partial charge >= 0.3 is 0 Å². The summed E-state index contributed by atoms with van der Waals surface area (Å²) in [6.45, 7) is 6.58. The summed E-state index contributed by atoms with van der Waals surface area (Å²) >= 11 is 5.97. The van der Waals surface area contributed by atoms with Crippen molar-refractivity contribution in [3.63, 3.8) is 0 Å². The normalized spacial score (nSPS) is 22.3. The van der Waals surface area contributed by atoms with E-state index in [4.69, 9.17) is 11.6 Å². The van der Waals surface area contributed by atoms with E-state index in [1.807, 2.05) is 13.1 Å². The molecular weight excluding hydrogens is 220 g/mol. The van der Waals surface area contributed by atoms with Crippen molar-refractivity contribution in [1.82, 2.24) is 9.88 Å². The molecule has 0 bridgehead atoms. The summed E-state index contributed by atoms with van der Waals surface area (Å²) in [6.07, 6.45) is 5.83. The third-order valence-corrected chi connectivity index (χ3v) is 3.84. The second-order valence-electron chi connectivity index (χ2n) is 4.52. The molecule has 2 heterocycles. The summed E-state index contributed by atoms with van der Waals surface area (Å²) in [5.74, 6) is 0. The lowest BCUT2D eigenvalue weighted by Gasteiger charge is -2.35. The van der Waals surface area contributed by atoms with Gasteiger partial charge in [0.05, 0.1) is 0 Å². The highest BCUT2D eigenvalue weighted by molar-refractivity contribution is 6.30. The molecule has 1 atom stereocenters. The van der Waals surface area contributed by atoms with Crippen molar-refractivity contribution in [2.45, 2.75) is 39.2 Å². The van der Waals surface area contributed by atoms with Crippen LogP contribution in [-0.4, -0.2) is 23.0 Å². The smallest absolute Gasteiger partial charge is 0.131 e. The quantitative estimate of drug-likeness (QED) is 0.732. The SMILES string of the molecule is CCN1CCCC[C@H]1c1cnc(Cl)c(C)c1. The molecule has 1 aliphatic heterocycles. The summed E-state index contributed by atoms with van der Waals surface area (Å²) in [4.78, 5) is 6.80. The second-order valence-corrected chi connectivity index (χ2v) is 4.87. The fourth-order valence-electron chi connectivity index (χ4n) is 2.51. The van der Waals surface area contributed by atoms with Crippen LogP contribution in [0.15, 0.2) is 12.3 Å². The van der Waals surface area contributed by atoms with Gasteiger partial charge in [-0.3, -0.25) is 4.90 Å². The number of nitrogens with zero attached hydrogens (tertiary/aromatic N) is 2. The number of rotatable bonds is 2. The van der Waals surface area contributed by atoms with Crippen LogP contribution in [0.4, 0.5) is 0 Å². The Morgan fingerprint density at radius 3 is 3.00 bits per heavy atom. The zero-order valence-corrected chi connectivity index (χ0v) is 10.8. The largest absolute Gasteiger partial charge is 0.297 e. The van der Waals surface area contributed by atoms with Crippen molar-refractivity contribution in [3.05, 3.63) is 28.5 Å². The van der Waals surface area contributed by atoms with E-state index in [0.29, 0.717) is 11.2 Å². The van der Waals surface area contributed by atoms with Crippen LogP contribution in [0.2, 0.25) is 5.15 Å². The monoisotopic (exact) mass is 238 g/mol. The Morgan fingerprint density at radius 1 is 1.50 bits per heavy atom. The first-order valence-electron chi connectivity index (χ1n) is 6.08. The summed E-state index contributed by atoms with van der Waals surface area (Å²) in [7, 11) is 0. The number of likely N-dealkylation sites (tertiary alicyclic amines) is 1. The summed E-state index contributed by atoms with van der Waals surface area (Å²) in [5.41, 5.74) is 2.41. The van der Waals surface area contributed by atoms with Crippen molar-refractivity contribution in [3.8, 4) is 0 Å². The van der Waals surface area contributed by atoms with E-state index >= 15 is 0 Å². The van der Waals surface area contributed by atoms with Crippen LogP contribution in [0.25, 0.3) is 0 Å². The predicted molar refractivity (Wildman–Crippen MR) is 67.8 cm³/mol. The average molecular weight is 239 g/mol. The zero-order valence-electron chi connectivity index (χ0n) is 10.0. The summed E-state index contributed by atoms with van der Waals surface area (Å²) in [6, 6.07) is 2.73. The molecule has 1 saturated heterocycles. The van der Waals surface area contributed by atoms with Gasteiger partial charge in [-0.15, -0.1) is 0 Å². The van der Waals surface area contributed by atoms with Crippen LogP contribution in [0.3, 0.4) is 0 Å². The number of piperidine rings is 1. The Balaban J connectivity index is 2.23. The van der Waals surface area contributed by atoms with Crippen molar-refractivity contribution < 1.29 is 0 Å². The molecule has 0 N–H and O–H groups in total. The Hall–Kier alpha value is -0.600. The topological polar surface area (TPSA) is 16.1 Å². The minimum absolute atomic E-state index is 0.544. The molecule has 1 aromatic rings. The van der Waals surface area contributed by atoms with Crippen molar-refractivity contribution >= 4 is 11.6 Å². The summed E-state index contributed by atoms with van der Waals surface area (Å²) < 4.78 is 0. The van der Waals surface area contributed by atoms with E-state index in [2.05, 4.69) is 22.9 Å². The fraction of sp³-hybridized carbons (Fsp3) is 0.615. The minimum Gasteiger partial charge on any atom is -0.297 e. The van der Waals surface area contributed by atoms with Gasteiger partial charge in [-0.25, -0.2) is 4.98 Å². The molecule has 0 aromatic carbocycles. The van der Waals surface area contributed by atoms with Crippen molar-refractivity contribution in [1.29, 1.82) is 0 Å². The molecule has 88 valence electrons. The number of hydrogen-bond donors (Lipinski definition) is 0. The molecule has 0 unspecified atom stereocenters. The Morgan fingerprint density at radius 2 is 2.31 bits per heavy atom. The third kappa shape index (κ3) is 2.38. The standard InChI is InChI=1S/C13H19ClN2/c1-3-16-7-5-4-6-12(16)11-8-10(2)13(14)15-9-11/h8-9,12H,3-7H2,1-2H3/t12-/m0/s1. The molecule has 1 fully saturated rings. The van der Waals surface area contributed by atoms with E-state index < -0.39 is 0 Å². The molecule has 0 radical (unpaired) electrons. The molecule has 3 heteroatoms. The van der Waals surface area contributed by atoms with E-state index in [1.165, 1.54) is 31.4 Å². The molecule has 0 saturated carbocycles. The Labute approximate surface area is 103 Å². The first-order chi connectivity index (χ1) is 7.72. The van der Waals surface area contributed by atoms with E-state index in [1.54, 1.807) is 0 Å². The molecule has 2 rings (SSSR count). The van der Waals surface area contributed by atoms with Crippen LogP contribution in [0.5, 0.6) is 0 Å². The van der Waals surface area contributed by atoms with Crippen LogP contribution in [-0.2, 0) is 0 Å². The molecule has 0 aliphatic carbocycles. The minimum atomic E-state index is 0.544. The fourth-order valence-corrected chi connectivity index (χ4v) is 2.61. The molecule has 1 aromatic heterocycles. The zero-order chi connectivity index (χ0) is 11.5. The summed E-state index contributed by atoms with van der Waals surface area (Å²) in [5, 5.41) is 0.627. The lowest BCUT2D eigenvalue weighted by Crippen LogP contribution is -2.33. The first kappa shape index (κ1) is 11.9.